The van der Waals surface area contributed by atoms with E-state index in [0.29, 0.717) is 18.8 Å². The monoisotopic (exact) mass is 479 g/mol. The van der Waals surface area contributed by atoms with Gasteiger partial charge in [0.15, 0.2) is 5.82 Å². The van der Waals surface area contributed by atoms with E-state index in [4.69, 9.17) is 4.98 Å². The summed E-state index contributed by atoms with van der Waals surface area (Å²) < 4.78 is 17.7. The quantitative estimate of drug-likeness (QED) is 0.352. The minimum absolute atomic E-state index is 0.219. The highest BCUT2D eigenvalue weighted by Gasteiger charge is 2.26. The largest absolute Gasteiger partial charge is 0.350 e. The van der Waals surface area contributed by atoms with Gasteiger partial charge in [0.25, 0.3) is 5.91 Å². The fourth-order valence-corrected chi connectivity index (χ4v) is 5.18. The molecule has 5 aromatic rings. The third-order valence-electron chi connectivity index (χ3n) is 7.21. The number of pyridine rings is 1. The van der Waals surface area contributed by atoms with Gasteiger partial charge in [-0.25, -0.2) is 14.4 Å². The lowest BCUT2D eigenvalue weighted by Gasteiger charge is -2.31. The number of aromatic nitrogens is 4. The molecule has 1 aliphatic heterocycles. The molecule has 0 unspecified atom stereocenters. The first-order chi connectivity index (χ1) is 17.5. The minimum atomic E-state index is -0.252. The Labute approximate surface area is 208 Å². The maximum atomic E-state index is 14.0. The summed E-state index contributed by atoms with van der Waals surface area (Å²) in [5, 5.41) is 0.983. The van der Waals surface area contributed by atoms with Gasteiger partial charge in [0.2, 0.25) is 0 Å². The highest BCUT2D eigenvalue weighted by atomic mass is 19.1. The summed E-state index contributed by atoms with van der Waals surface area (Å²) in [6.07, 6.45) is 5.63. The number of hydrogen-bond donors (Lipinski definition) is 0. The van der Waals surface area contributed by atoms with Gasteiger partial charge < -0.3 is 9.47 Å². The summed E-state index contributed by atoms with van der Waals surface area (Å²) in [6.45, 7) is 6.17. The predicted molar refractivity (Wildman–Crippen MR) is 138 cm³/mol. The number of rotatable bonds is 4. The van der Waals surface area contributed by atoms with E-state index in [-0.39, 0.29) is 11.7 Å². The number of carbonyl (C=O) groups is 1. The maximum Gasteiger partial charge on any atom is 0.281 e. The van der Waals surface area contributed by atoms with Crippen LogP contribution in [0.15, 0.2) is 73.3 Å². The fraction of sp³-hybridized carbons (Fsp3) is 0.207. The summed E-state index contributed by atoms with van der Waals surface area (Å²) in [5.74, 6) is 0.304. The molecule has 2 aromatic carbocycles. The van der Waals surface area contributed by atoms with Crippen LogP contribution in [0.5, 0.6) is 0 Å². The molecule has 6 rings (SSSR count). The van der Waals surface area contributed by atoms with Crippen LogP contribution in [0.25, 0.3) is 10.9 Å². The van der Waals surface area contributed by atoms with Crippen molar-refractivity contribution in [1.82, 2.24) is 19.1 Å². The van der Waals surface area contributed by atoms with Gasteiger partial charge in [0.05, 0.1) is 5.52 Å². The van der Waals surface area contributed by atoms with Crippen molar-refractivity contribution in [2.45, 2.75) is 33.4 Å². The highest BCUT2D eigenvalue weighted by molar-refractivity contribution is 6.02. The molecule has 0 spiro atoms. The van der Waals surface area contributed by atoms with Gasteiger partial charge in [-0.15, -0.1) is 0 Å². The summed E-state index contributed by atoms with van der Waals surface area (Å²) in [5.41, 5.74) is 6.99. The van der Waals surface area contributed by atoms with E-state index in [1.165, 1.54) is 28.1 Å². The molecular formula is C29H26FN5O. The first kappa shape index (κ1) is 22.2. The van der Waals surface area contributed by atoms with Crippen LogP contribution in [0, 0.1) is 19.7 Å². The van der Waals surface area contributed by atoms with Gasteiger partial charge in [0.1, 0.15) is 17.8 Å². The lowest BCUT2D eigenvalue weighted by Crippen LogP contribution is -2.32. The second-order valence-corrected chi connectivity index (χ2v) is 9.37. The third kappa shape index (κ3) is 3.77. The minimum Gasteiger partial charge on any atom is -0.350 e. The van der Waals surface area contributed by atoms with Crippen LogP contribution in [0.3, 0.4) is 0 Å². The number of imidazole rings is 1. The van der Waals surface area contributed by atoms with Crippen LogP contribution in [0.4, 0.5) is 10.2 Å². The lowest BCUT2D eigenvalue weighted by atomic mass is 10.00. The van der Waals surface area contributed by atoms with Crippen molar-refractivity contribution in [3.63, 3.8) is 0 Å². The van der Waals surface area contributed by atoms with Crippen LogP contribution in [-0.4, -0.2) is 31.6 Å². The van der Waals surface area contributed by atoms with Crippen LogP contribution in [0.1, 0.15) is 38.4 Å². The number of fused-ring (bicyclic) bond motifs is 2. The lowest BCUT2D eigenvalue weighted by molar-refractivity contribution is 0.0955. The molecule has 1 aliphatic rings. The molecule has 0 N–H and O–H groups in total. The van der Waals surface area contributed by atoms with Crippen LogP contribution >= 0.6 is 0 Å². The number of benzene rings is 2. The molecule has 0 atom stereocenters. The Morgan fingerprint density at radius 3 is 2.67 bits per heavy atom. The Hall–Kier alpha value is -4.26. The van der Waals surface area contributed by atoms with E-state index in [2.05, 4.69) is 52.6 Å². The molecule has 3 aromatic heterocycles. The maximum absolute atomic E-state index is 14.0. The van der Waals surface area contributed by atoms with Gasteiger partial charge in [-0.3, -0.25) is 9.36 Å². The van der Waals surface area contributed by atoms with Crippen molar-refractivity contribution < 1.29 is 9.18 Å². The zero-order chi connectivity index (χ0) is 24.8. The standard InChI is InChI=1S/C29H26FN5O/c1-19-20(2)35(16-21-6-5-9-24(30)14-21)27-25(19)15-26(29(36)34-13-11-31-18-34)32-28(27)33-12-10-22-7-3-4-8-23(22)17-33/h3-9,11,13-15,18H,10,12,16-17H2,1-2H3. The van der Waals surface area contributed by atoms with Crippen molar-refractivity contribution in [3.8, 4) is 0 Å². The number of anilines is 1. The summed E-state index contributed by atoms with van der Waals surface area (Å²) >= 11 is 0. The zero-order valence-electron chi connectivity index (χ0n) is 20.3. The average Bonchev–Trinajstić information content (AvgIpc) is 3.52. The van der Waals surface area contributed by atoms with Crippen molar-refractivity contribution >= 4 is 22.6 Å². The molecule has 0 aliphatic carbocycles. The van der Waals surface area contributed by atoms with E-state index in [1.54, 1.807) is 24.5 Å². The number of nitrogens with zero attached hydrogens (tertiary/aromatic N) is 5. The zero-order valence-corrected chi connectivity index (χ0v) is 20.3. The smallest absolute Gasteiger partial charge is 0.281 e. The van der Waals surface area contributed by atoms with Crippen molar-refractivity contribution in [2.75, 3.05) is 11.4 Å². The Morgan fingerprint density at radius 2 is 1.89 bits per heavy atom. The average molecular weight is 480 g/mol. The Morgan fingerprint density at radius 1 is 1.06 bits per heavy atom. The second kappa shape index (κ2) is 8.75. The van der Waals surface area contributed by atoms with E-state index in [9.17, 15) is 9.18 Å². The molecule has 0 fully saturated rings. The van der Waals surface area contributed by atoms with E-state index in [1.807, 2.05) is 12.1 Å². The second-order valence-electron chi connectivity index (χ2n) is 9.37. The molecule has 7 heteroatoms. The first-order valence-corrected chi connectivity index (χ1v) is 12.1. The van der Waals surface area contributed by atoms with Crippen molar-refractivity contribution in [3.05, 3.63) is 113 Å². The molecule has 6 nitrogen and oxygen atoms in total. The van der Waals surface area contributed by atoms with Gasteiger partial charge in [-0.05, 0) is 60.7 Å². The molecule has 0 saturated carbocycles. The molecule has 180 valence electrons. The van der Waals surface area contributed by atoms with Crippen LogP contribution in [-0.2, 0) is 19.5 Å². The van der Waals surface area contributed by atoms with Gasteiger partial charge in [-0.2, -0.15) is 0 Å². The molecule has 0 saturated heterocycles. The van der Waals surface area contributed by atoms with E-state index in [0.717, 1.165) is 46.5 Å². The molecule has 0 bridgehead atoms. The van der Waals surface area contributed by atoms with Gasteiger partial charge in [0, 0.05) is 43.1 Å². The molecule has 0 amide bonds. The van der Waals surface area contributed by atoms with Crippen molar-refractivity contribution in [2.24, 2.45) is 0 Å². The third-order valence-corrected chi connectivity index (χ3v) is 7.21. The molecular weight excluding hydrogens is 453 g/mol. The van der Waals surface area contributed by atoms with Crippen LogP contribution in [0.2, 0.25) is 0 Å². The van der Waals surface area contributed by atoms with Gasteiger partial charge in [-0.1, -0.05) is 36.4 Å². The topological polar surface area (TPSA) is 56.0 Å². The molecule has 36 heavy (non-hydrogen) atoms. The summed E-state index contributed by atoms with van der Waals surface area (Å²) in [7, 11) is 0. The van der Waals surface area contributed by atoms with Gasteiger partial charge >= 0.3 is 0 Å². The Balaban J connectivity index is 1.55. The number of aryl methyl sites for hydroxylation is 1. The first-order valence-electron chi connectivity index (χ1n) is 12.1. The Bertz CT molecular complexity index is 1600. The van der Waals surface area contributed by atoms with E-state index < -0.39 is 0 Å². The summed E-state index contributed by atoms with van der Waals surface area (Å²) in [4.78, 5) is 24.6. The number of hydrogen-bond acceptors (Lipinski definition) is 4. The molecule has 0 radical (unpaired) electrons. The summed E-state index contributed by atoms with van der Waals surface area (Å²) in [6, 6.07) is 17.0. The SMILES string of the molecule is Cc1c(C)n(Cc2cccc(F)c2)c2c(N3CCc4ccccc4C3)nc(C(=O)n3ccnc3)cc12. The van der Waals surface area contributed by atoms with Crippen LogP contribution < -0.4 is 4.90 Å². The predicted octanol–water partition coefficient (Wildman–Crippen LogP) is 5.29. The number of halogens is 1. The highest BCUT2D eigenvalue weighted by Crippen LogP contribution is 2.35. The molecule has 4 heterocycles. The van der Waals surface area contributed by atoms with E-state index >= 15 is 0 Å². The number of carbonyl (C=O) groups excluding carboxylic acids is 1. The normalized spacial score (nSPS) is 13.2. The fourth-order valence-electron chi connectivity index (χ4n) is 5.18. The van der Waals surface area contributed by atoms with Crippen molar-refractivity contribution in [1.29, 1.82) is 0 Å². The Kier molecular flexibility index (Phi) is 5.40.